The third-order valence-electron chi connectivity index (χ3n) is 1.91. The van der Waals surface area contributed by atoms with E-state index in [4.69, 9.17) is 10.9 Å². The summed E-state index contributed by atoms with van der Waals surface area (Å²) in [5.41, 5.74) is 5.38. The molecule has 0 aliphatic rings. The van der Waals surface area contributed by atoms with Crippen molar-refractivity contribution < 1.29 is 10.0 Å². The molecule has 1 amide bonds. The zero-order valence-corrected chi connectivity index (χ0v) is 9.73. The highest BCUT2D eigenvalue weighted by Crippen LogP contribution is 2.04. The van der Waals surface area contributed by atoms with E-state index in [9.17, 15) is 4.79 Å². The molecule has 5 nitrogen and oxygen atoms in total. The normalized spacial score (nSPS) is 11.9. The predicted molar refractivity (Wildman–Crippen MR) is 59.7 cm³/mol. The van der Waals surface area contributed by atoms with Crippen LogP contribution in [-0.2, 0) is 4.79 Å². The molecule has 0 saturated heterocycles. The summed E-state index contributed by atoms with van der Waals surface area (Å²) in [6, 6.07) is 0. The maximum atomic E-state index is 11.7. The summed E-state index contributed by atoms with van der Waals surface area (Å²) in [6.07, 6.45) is 1.36. The Morgan fingerprint density at radius 2 is 2.13 bits per heavy atom. The van der Waals surface area contributed by atoms with Crippen LogP contribution in [0.1, 0.15) is 33.6 Å². The highest BCUT2D eigenvalue weighted by Gasteiger charge is 2.15. The van der Waals surface area contributed by atoms with Crippen molar-refractivity contribution in [3.8, 4) is 0 Å². The third kappa shape index (κ3) is 5.93. The van der Waals surface area contributed by atoms with Gasteiger partial charge in [0.05, 0.1) is 6.54 Å². The van der Waals surface area contributed by atoms with Gasteiger partial charge in [0.25, 0.3) is 0 Å². The molecular weight excluding hydrogens is 194 g/mol. The standard InChI is InChI=1S/C10H21N3O2/c1-4-5-13(7-9(11)12-15)10(14)6-8(2)3/h8,15H,4-7H2,1-3H3,(H2,11,12). The van der Waals surface area contributed by atoms with Crippen LogP contribution in [0.3, 0.4) is 0 Å². The second-order valence-electron chi connectivity index (χ2n) is 4.00. The van der Waals surface area contributed by atoms with Gasteiger partial charge < -0.3 is 15.8 Å². The Labute approximate surface area is 90.9 Å². The highest BCUT2D eigenvalue weighted by atomic mass is 16.4. The Kier molecular flexibility index (Phi) is 6.49. The first-order chi connectivity index (χ1) is 7.01. The monoisotopic (exact) mass is 215 g/mol. The van der Waals surface area contributed by atoms with E-state index in [1.165, 1.54) is 0 Å². The van der Waals surface area contributed by atoms with Crippen LogP contribution in [0.2, 0.25) is 0 Å². The number of carbonyl (C=O) groups is 1. The van der Waals surface area contributed by atoms with Gasteiger partial charge in [-0.25, -0.2) is 0 Å². The molecule has 0 heterocycles. The molecule has 0 bridgehead atoms. The molecule has 0 aromatic carbocycles. The Bertz CT molecular complexity index is 227. The second kappa shape index (κ2) is 7.09. The molecule has 0 unspecified atom stereocenters. The SMILES string of the molecule is CCCN(CC(N)=NO)C(=O)CC(C)C. The fourth-order valence-corrected chi connectivity index (χ4v) is 1.27. The molecule has 15 heavy (non-hydrogen) atoms. The lowest BCUT2D eigenvalue weighted by molar-refractivity contribution is -0.131. The zero-order chi connectivity index (χ0) is 11.8. The summed E-state index contributed by atoms with van der Waals surface area (Å²) in [5.74, 6) is 0.447. The average molecular weight is 215 g/mol. The van der Waals surface area contributed by atoms with E-state index in [-0.39, 0.29) is 18.3 Å². The van der Waals surface area contributed by atoms with Gasteiger partial charge in [0.2, 0.25) is 5.91 Å². The number of hydrogen-bond donors (Lipinski definition) is 2. The van der Waals surface area contributed by atoms with Crippen LogP contribution in [0.15, 0.2) is 5.16 Å². The first kappa shape index (κ1) is 13.7. The molecule has 5 heteroatoms. The van der Waals surface area contributed by atoms with Crippen LogP contribution in [0.25, 0.3) is 0 Å². The summed E-state index contributed by atoms with van der Waals surface area (Å²) in [5, 5.41) is 11.3. The van der Waals surface area contributed by atoms with Crippen molar-refractivity contribution in [1.29, 1.82) is 0 Å². The lowest BCUT2D eigenvalue weighted by atomic mass is 10.1. The smallest absolute Gasteiger partial charge is 0.223 e. The largest absolute Gasteiger partial charge is 0.409 e. The van der Waals surface area contributed by atoms with Crippen LogP contribution >= 0.6 is 0 Å². The lowest BCUT2D eigenvalue weighted by Crippen LogP contribution is -2.39. The van der Waals surface area contributed by atoms with E-state index >= 15 is 0 Å². The number of nitrogens with zero attached hydrogens (tertiary/aromatic N) is 2. The van der Waals surface area contributed by atoms with Crippen LogP contribution in [-0.4, -0.2) is 34.9 Å². The van der Waals surface area contributed by atoms with Gasteiger partial charge in [0.1, 0.15) is 0 Å². The number of carbonyl (C=O) groups excluding carboxylic acids is 1. The molecule has 0 aliphatic carbocycles. The first-order valence-electron chi connectivity index (χ1n) is 5.25. The van der Waals surface area contributed by atoms with Crippen molar-refractivity contribution >= 4 is 11.7 Å². The molecule has 0 atom stereocenters. The van der Waals surface area contributed by atoms with E-state index in [1.807, 2.05) is 20.8 Å². The number of rotatable bonds is 6. The molecule has 0 fully saturated rings. The zero-order valence-electron chi connectivity index (χ0n) is 9.73. The number of oxime groups is 1. The summed E-state index contributed by atoms with van der Waals surface area (Å²) >= 11 is 0. The fraction of sp³-hybridized carbons (Fsp3) is 0.800. The van der Waals surface area contributed by atoms with Gasteiger partial charge in [-0.05, 0) is 12.3 Å². The molecule has 0 aliphatic heterocycles. The Morgan fingerprint density at radius 3 is 2.53 bits per heavy atom. The molecule has 0 spiro atoms. The minimum Gasteiger partial charge on any atom is -0.409 e. The van der Waals surface area contributed by atoms with Crippen molar-refractivity contribution in [2.24, 2.45) is 16.8 Å². The van der Waals surface area contributed by atoms with Crippen LogP contribution in [0.4, 0.5) is 0 Å². The molecule has 0 radical (unpaired) electrons. The molecule has 0 rings (SSSR count). The van der Waals surface area contributed by atoms with Gasteiger partial charge in [-0.2, -0.15) is 0 Å². The molecule has 0 aromatic rings. The van der Waals surface area contributed by atoms with E-state index in [0.717, 1.165) is 6.42 Å². The maximum Gasteiger partial charge on any atom is 0.223 e. The molecular formula is C10H21N3O2. The number of nitrogens with two attached hydrogens (primary N) is 1. The first-order valence-corrected chi connectivity index (χ1v) is 5.25. The van der Waals surface area contributed by atoms with E-state index in [1.54, 1.807) is 4.90 Å². The summed E-state index contributed by atoms with van der Waals surface area (Å²) in [7, 11) is 0. The minimum atomic E-state index is 0.0541. The molecule has 88 valence electrons. The third-order valence-corrected chi connectivity index (χ3v) is 1.91. The van der Waals surface area contributed by atoms with Crippen molar-refractivity contribution in [2.45, 2.75) is 33.6 Å². The van der Waals surface area contributed by atoms with Gasteiger partial charge in [0, 0.05) is 13.0 Å². The average Bonchev–Trinajstić information content (AvgIpc) is 2.15. The Morgan fingerprint density at radius 1 is 1.53 bits per heavy atom. The van der Waals surface area contributed by atoms with Gasteiger partial charge in [-0.15, -0.1) is 0 Å². The predicted octanol–water partition coefficient (Wildman–Crippen LogP) is 1.02. The van der Waals surface area contributed by atoms with Crippen LogP contribution in [0.5, 0.6) is 0 Å². The quantitative estimate of drug-likeness (QED) is 0.300. The number of amides is 1. The topological polar surface area (TPSA) is 78.9 Å². The van der Waals surface area contributed by atoms with Crippen LogP contribution in [0, 0.1) is 5.92 Å². The van der Waals surface area contributed by atoms with E-state index in [2.05, 4.69) is 5.16 Å². The van der Waals surface area contributed by atoms with Crippen molar-refractivity contribution in [3.63, 3.8) is 0 Å². The van der Waals surface area contributed by atoms with Crippen molar-refractivity contribution in [1.82, 2.24) is 4.90 Å². The fourth-order valence-electron chi connectivity index (χ4n) is 1.27. The van der Waals surface area contributed by atoms with E-state index in [0.29, 0.717) is 18.9 Å². The van der Waals surface area contributed by atoms with Gasteiger partial charge in [-0.1, -0.05) is 25.9 Å². The Hall–Kier alpha value is -1.26. The van der Waals surface area contributed by atoms with Crippen LogP contribution < -0.4 is 5.73 Å². The van der Waals surface area contributed by atoms with Crippen molar-refractivity contribution in [2.75, 3.05) is 13.1 Å². The molecule has 0 saturated carbocycles. The summed E-state index contributed by atoms with van der Waals surface area (Å²) < 4.78 is 0. The minimum absolute atomic E-state index is 0.0541. The second-order valence-corrected chi connectivity index (χ2v) is 4.00. The lowest BCUT2D eigenvalue weighted by Gasteiger charge is -2.22. The Balaban J connectivity index is 4.31. The van der Waals surface area contributed by atoms with Gasteiger partial charge in [-0.3, -0.25) is 4.79 Å². The number of hydrogen-bond acceptors (Lipinski definition) is 3. The van der Waals surface area contributed by atoms with Gasteiger partial charge in [0.15, 0.2) is 5.84 Å². The van der Waals surface area contributed by atoms with Crippen molar-refractivity contribution in [3.05, 3.63) is 0 Å². The highest BCUT2D eigenvalue weighted by molar-refractivity contribution is 5.86. The summed E-state index contributed by atoms with van der Waals surface area (Å²) in [4.78, 5) is 13.3. The molecule has 3 N–H and O–H groups in total. The van der Waals surface area contributed by atoms with Gasteiger partial charge >= 0.3 is 0 Å². The van der Waals surface area contributed by atoms with E-state index < -0.39 is 0 Å². The number of amidine groups is 1. The summed E-state index contributed by atoms with van der Waals surface area (Å²) in [6.45, 7) is 6.82. The molecule has 0 aromatic heterocycles. The maximum absolute atomic E-state index is 11.7.